The summed E-state index contributed by atoms with van der Waals surface area (Å²) in [6.07, 6.45) is -1.64. The molecule has 3 aromatic heterocycles. The molecule has 0 unspecified atom stereocenters. The van der Waals surface area contributed by atoms with Crippen LogP contribution in [0.5, 0.6) is 0 Å². The SMILES string of the molecule is Cc1c(C(=O)N2CCC[C@H](c3cc4nc(C(F)(F)F)ccc4c(=O)[nH]3)C2)cnn1C. The lowest BCUT2D eigenvalue weighted by molar-refractivity contribution is -0.140. The van der Waals surface area contributed by atoms with Crippen LogP contribution in [0.15, 0.2) is 29.2 Å². The molecule has 1 saturated heterocycles. The van der Waals surface area contributed by atoms with Crippen LogP contribution < -0.4 is 5.56 Å². The van der Waals surface area contributed by atoms with Crippen LogP contribution in [0.25, 0.3) is 10.9 Å². The molecule has 1 fully saturated rings. The van der Waals surface area contributed by atoms with Crippen molar-refractivity contribution in [2.75, 3.05) is 13.1 Å². The first-order chi connectivity index (χ1) is 14.1. The second-order valence-electron chi connectivity index (χ2n) is 7.54. The summed E-state index contributed by atoms with van der Waals surface area (Å²) < 4.78 is 40.6. The van der Waals surface area contributed by atoms with Gasteiger partial charge in [-0.25, -0.2) is 4.98 Å². The number of nitrogens with one attached hydrogen (secondary N) is 1. The second kappa shape index (κ2) is 7.26. The normalized spacial score (nSPS) is 17.5. The van der Waals surface area contributed by atoms with Gasteiger partial charge in [0.15, 0.2) is 0 Å². The van der Waals surface area contributed by atoms with Gasteiger partial charge in [0.25, 0.3) is 11.5 Å². The van der Waals surface area contributed by atoms with Gasteiger partial charge >= 0.3 is 6.18 Å². The Kier molecular flexibility index (Phi) is 4.87. The first kappa shape index (κ1) is 20.1. The molecule has 0 spiro atoms. The Morgan fingerprint density at radius 3 is 2.73 bits per heavy atom. The highest BCUT2D eigenvalue weighted by atomic mass is 19.4. The third-order valence-electron chi connectivity index (χ3n) is 5.62. The van der Waals surface area contributed by atoms with E-state index in [-0.39, 0.29) is 22.7 Å². The van der Waals surface area contributed by atoms with Crippen LogP contribution in [0.1, 0.15) is 46.2 Å². The fraction of sp³-hybridized carbons (Fsp3) is 0.400. The molecule has 158 valence electrons. The average Bonchev–Trinajstić information content (AvgIpc) is 3.05. The highest BCUT2D eigenvalue weighted by Gasteiger charge is 2.33. The number of piperidine rings is 1. The Bertz CT molecular complexity index is 1180. The number of likely N-dealkylation sites (tertiary alicyclic amines) is 1. The summed E-state index contributed by atoms with van der Waals surface area (Å²) in [5.74, 6) is -0.348. The zero-order valence-corrected chi connectivity index (χ0v) is 16.5. The summed E-state index contributed by atoms with van der Waals surface area (Å²) in [5, 5.41) is 4.20. The molecule has 0 aliphatic carbocycles. The number of aryl methyl sites for hydroxylation is 1. The molecule has 3 aromatic rings. The molecule has 0 aromatic carbocycles. The van der Waals surface area contributed by atoms with Gasteiger partial charge in [-0.05, 0) is 38.0 Å². The lowest BCUT2D eigenvalue weighted by Crippen LogP contribution is -2.39. The highest BCUT2D eigenvalue weighted by Crippen LogP contribution is 2.30. The Hall–Kier alpha value is -3.17. The number of H-pyrrole nitrogens is 1. The van der Waals surface area contributed by atoms with Crippen molar-refractivity contribution in [3.63, 3.8) is 0 Å². The predicted molar refractivity (Wildman–Crippen MR) is 103 cm³/mol. The van der Waals surface area contributed by atoms with Crippen LogP contribution in [0.2, 0.25) is 0 Å². The maximum absolute atomic E-state index is 13.0. The van der Waals surface area contributed by atoms with Gasteiger partial charge in [-0.1, -0.05) is 0 Å². The number of nitrogens with zero attached hydrogens (tertiary/aromatic N) is 4. The standard InChI is InChI=1S/C20H20F3N5O2/c1-11-14(9-24-27(11)2)19(30)28-7-3-4-12(10-28)15-8-16-13(18(29)26-15)5-6-17(25-16)20(21,22)23/h5-6,8-9,12H,3-4,7,10H2,1-2H3,(H,26,29)/t12-/m0/s1. The predicted octanol–water partition coefficient (Wildman–Crippen LogP) is 3.00. The molecule has 0 saturated carbocycles. The molecule has 10 heteroatoms. The lowest BCUT2D eigenvalue weighted by atomic mass is 9.93. The Labute approximate surface area is 169 Å². The van der Waals surface area contributed by atoms with Gasteiger partial charge in [-0.15, -0.1) is 0 Å². The third kappa shape index (κ3) is 3.57. The molecule has 4 heterocycles. The number of hydrogen-bond acceptors (Lipinski definition) is 4. The lowest BCUT2D eigenvalue weighted by Gasteiger charge is -2.32. The van der Waals surface area contributed by atoms with Gasteiger partial charge in [-0.3, -0.25) is 14.3 Å². The summed E-state index contributed by atoms with van der Waals surface area (Å²) in [5.41, 5.74) is 0.218. The molecule has 1 N–H and O–H groups in total. The largest absolute Gasteiger partial charge is 0.433 e. The second-order valence-corrected chi connectivity index (χ2v) is 7.54. The monoisotopic (exact) mass is 419 g/mol. The highest BCUT2D eigenvalue weighted by molar-refractivity contribution is 5.95. The summed E-state index contributed by atoms with van der Waals surface area (Å²) in [6.45, 7) is 2.73. The van der Waals surface area contributed by atoms with Crippen LogP contribution in [0.4, 0.5) is 13.2 Å². The number of hydrogen-bond donors (Lipinski definition) is 1. The van der Waals surface area contributed by atoms with Crippen LogP contribution >= 0.6 is 0 Å². The molecule has 1 aliphatic rings. The Morgan fingerprint density at radius 1 is 1.30 bits per heavy atom. The molecule has 1 aliphatic heterocycles. The number of carbonyl (C=O) groups is 1. The number of aromatic amines is 1. The molecule has 30 heavy (non-hydrogen) atoms. The number of alkyl halides is 3. The van der Waals surface area contributed by atoms with Crippen LogP contribution in [-0.4, -0.2) is 43.6 Å². The Morgan fingerprint density at radius 2 is 2.07 bits per heavy atom. The van der Waals surface area contributed by atoms with Crippen LogP contribution in [0, 0.1) is 6.92 Å². The van der Waals surface area contributed by atoms with E-state index in [4.69, 9.17) is 0 Å². The molecular formula is C20H20F3N5O2. The van der Waals surface area contributed by atoms with Gasteiger partial charge in [0, 0.05) is 37.4 Å². The van der Waals surface area contributed by atoms with E-state index < -0.39 is 17.4 Å². The molecule has 4 rings (SSSR count). The van der Waals surface area contributed by atoms with Gasteiger partial charge in [0.2, 0.25) is 0 Å². The van der Waals surface area contributed by atoms with E-state index in [2.05, 4.69) is 15.1 Å². The molecule has 7 nitrogen and oxygen atoms in total. The number of aromatic nitrogens is 4. The zero-order valence-electron chi connectivity index (χ0n) is 16.5. The topological polar surface area (TPSA) is 83.9 Å². The summed E-state index contributed by atoms with van der Waals surface area (Å²) in [7, 11) is 1.76. The number of rotatable bonds is 2. The van der Waals surface area contributed by atoms with Crippen LogP contribution in [-0.2, 0) is 13.2 Å². The van der Waals surface area contributed by atoms with Crippen molar-refractivity contribution >= 4 is 16.8 Å². The van der Waals surface area contributed by atoms with E-state index in [0.717, 1.165) is 17.8 Å². The Balaban J connectivity index is 1.65. The van der Waals surface area contributed by atoms with Gasteiger partial charge in [0.1, 0.15) is 5.69 Å². The van der Waals surface area contributed by atoms with Crippen molar-refractivity contribution in [3.05, 3.63) is 57.4 Å². The smallest absolute Gasteiger partial charge is 0.338 e. The number of halogens is 3. The number of fused-ring (bicyclic) bond motifs is 1. The summed E-state index contributed by atoms with van der Waals surface area (Å²) in [6, 6.07) is 3.42. The van der Waals surface area contributed by atoms with Gasteiger partial charge in [-0.2, -0.15) is 18.3 Å². The maximum atomic E-state index is 13.0. The number of carbonyl (C=O) groups excluding carboxylic acids is 1. The van der Waals surface area contributed by atoms with Crippen molar-refractivity contribution in [1.82, 2.24) is 24.6 Å². The zero-order chi connectivity index (χ0) is 21.6. The first-order valence-electron chi connectivity index (χ1n) is 9.54. The molecule has 1 atom stereocenters. The minimum absolute atomic E-state index is 0.00451. The fourth-order valence-corrected chi connectivity index (χ4v) is 3.83. The molecular weight excluding hydrogens is 399 g/mol. The van der Waals surface area contributed by atoms with E-state index in [1.165, 1.54) is 12.3 Å². The van der Waals surface area contributed by atoms with Crippen molar-refractivity contribution < 1.29 is 18.0 Å². The van der Waals surface area contributed by atoms with Gasteiger partial charge < -0.3 is 9.88 Å². The van der Waals surface area contributed by atoms with Crippen molar-refractivity contribution in [2.24, 2.45) is 7.05 Å². The van der Waals surface area contributed by atoms with Crippen molar-refractivity contribution in [3.8, 4) is 0 Å². The molecule has 0 bridgehead atoms. The minimum Gasteiger partial charge on any atom is -0.338 e. The minimum atomic E-state index is -4.59. The quantitative estimate of drug-likeness (QED) is 0.692. The van der Waals surface area contributed by atoms with Crippen LogP contribution in [0.3, 0.4) is 0 Å². The number of pyridine rings is 2. The van der Waals surface area contributed by atoms with Crippen molar-refractivity contribution in [2.45, 2.75) is 31.9 Å². The average molecular weight is 419 g/mol. The fourth-order valence-electron chi connectivity index (χ4n) is 3.83. The van der Waals surface area contributed by atoms with E-state index in [1.54, 1.807) is 16.6 Å². The summed E-state index contributed by atoms with van der Waals surface area (Å²) in [4.78, 5) is 33.4. The van der Waals surface area contributed by atoms with E-state index in [1.807, 2.05) is 6.92 Å². The van der Waals surface area contributed by atoms with E-state index >= 15 is 0 Å². The molecule has 1 amide bonds. The maximum Gasteiger partial charge on any atom is 0.433 e. The van der Waals surface area contributed by atoms with Gasteiger partial charge in [0.05, 0.1) is 22.7 Å². The third-order valence-corrected chi connectivity index (χ3v) is 5.62. The van der Waals surface area contributed by atoms with E-state index in [9.17, 15) is 22.8 Å². The first-order valence-corrected chi connectivity index (χ1v) is 9.54. The number of amides is 1. The summed E-state index contributed by atoms with van der Waals surface area (Å²) >= 11 is 0. The van der Waals surface area contributed by atoms with E-state index in [0.29, 0.717) is 37.2 Å². The van der Waals surface area contributed by atoms with Crippen molar-refractivity contribution in [1.29, 1.82) is 0 Å². The molecule has 0 radical (unpaired) electrons.